The summed E-state index contributed by atoms with van der Waals surface area (Å²) >= 11 is 3.33. The number of benzene rings is 2. The number of para-hydroxylation sites is 1. The van der Waals surface area contributed by atoms with E-state index in [-0.39, 0.29) is 0 Å². The number of thiazole rings is 1. The van der Waals surface area contributed by atoms with Crippen molar-refractivity contribution in [2.45, 2.75) is 17.8 Å². The molecule has 0 bridgehead atoms. The Morgan fingerprint density at radius 3 is 2.44 bits per heavy atom. The van der Waals surface area contributed by atoms with Gasteiger partial charge in [-0.25, -0.2) is 4.98 Å². The number of rotatable bonds is 5. The topological polar surface area (TPSA) is 43.6 Å². The highest BCUT2D eigenvalue weighted by molar-refractivity contribution is 7.98. The molecule has 0 amide bonds. The van der Waals surface area contributed by atoms with Gasteiger partial charge in [0.05, 0.1) is 5.69 Å². The third-order valence-electron chi connectivity index (χ3n) is 3.73. The average molecular weight is 364 g/mol. The number of thioether (sulfide) groups is 1. The van der Waals surface area contributed by atoms with Crippen LogP contribution in [0.25, 0.3) is 16.3 Å². The van der Waals surface area contributed by atoms with Crippen LogP contribution in [0.2, 0.25) is 0 Å². The van der Waals surface area contributed by atoms with Crippen LogP contribution >= 0.6 is 23.1 Å². The van der Waals surface area contributed by atoms with E-state index in [1.54, 1.807) is 23.1 Å². The maximum atomic E-state index is 4.75. The maximum absolute atomic E-state index is 4.75. The maximum Gasteiger partial charge on any atom is 0.196 e. The zero-order valence-electron chi connectivity index (χ0n) is 13.7. The second-order valence-electron chi connectivity index (χ2n) is 5.50. The van der Waals surface area contributed by atoms with Gasteiger partial charge in [-0.1, -0.05) is 60.3 Å². The van der Waals surface area contributed by atoms with E-state index in [4.69, 9.17) is 4.98 Å². The Morgan fingerprint density at radius 2 is 1.68 bits per heavy atom. The van der Waals surface area contributed by atoms with Crippen LogP contribution in [0, 0.1) is 6.92 Å². The van der Waals surface area contributed by atoms with Crippen molar-refractivity contribution in [3.05, 3.63) is 77.6 Å². The van der Waals surface area contributed by atoms with Gasteiger partial charge >= 0.3 is 0 Å². The molecule has 0 aliphatic heterocycles. The van der Waals surface area contributed by atoms with Crippen LogP contribution in [0.3, 0.4) is 0 Å². The van der Waals surface area contributed by atoms with E-state index >= 15 is 0 Å². The Balaban J connectivity index is 1.52. The Labute approximate surface area is 154 Å². The highest BCUT2D eigenvalue weighted by Crippen LogP contribution is 2.28. The normalized spacial score (nSPS) is 10.9. The van der Waals surface area contributed by atoms with Crippen LogP contribution < -0.4 is 0 Å². The quantitative estimate of drug-likeness (QED) is 0.468. The minimum atomic E-state index is 0.772. The zero-order valence-corrected chi connectivity index (χ0v) is 15.3. The zero-order chi connectivity index (χ0) is 17.1. The molecule has 4 aromatic rings. The van der Waals surface area contributed by atoms with Crippen molar-refractivity contribution < 1.29 is 0 Å². The number of hydrogen-bond acceptors (Lipinski definition) is 5. The molecular formula is C19H16N4S2. The third kappa shape index (κ3) is 3.50. The Bertz CT molecular complexity index is 962. The van der Waals surface area contributed by atoms with Gasteiger partial charge in [0.15, 0.2) is 5.16 Å². The van der Waals surface area contributed by atoms with Gasteiger partial charge in [-0.3, -0.25) is 4.57 Å². The summed E-state index contributed by atoms with van der Waals surface area (Å²) in [6.07, 6.45) is 0. The summed E-state index contributed by atoms with van der Waals surface area (Å²) < 4.78 is 2.08. The summed E-state index contributed by atoms with van der Waals surface area (Å²) in [6.45, 7) is 1.97. The second-order valence-corrected chi connectivity index (χ2v) is 7.30. The molecule has 2 aromatic heterocycles. The van der Waals surface area contributed by atoms with Gasteiger partial charge in [-0.2, -0.15) is 0 Å². The minimum absolute atomic E-state index is 0.772. The van der Waals surface area contributed by atoms with Crippen molar-refractivity contribution in [1.82, 2.24) is 19.7 Å². The Hall–Kier alpha value is -2.44. The molecule has 0 fully saturated rings. The molecule has 0 N–H and O–H groups in total. The summed E-state index contributed by atoms with van der Waals surface area (Å²) in [5, 5.41) is 12.6. The van der Waals surface area contributed by atoms with Crippen molar-refractivity contribution in [3.63, 3.8) is 0 Å². The van der Waals surface area contributed by atoms with Gasteiger partial charge in [0, 0.05) is 22.4 Å². The first-order chi connectivity index (χ1) is 12.3. The summed E-state index contributed by atoms with van der Waals surface area (Å²) in [6, 6.07) is 20.5. The molecule has 0 atom stereocenters. The number of nitrogens with zero attached hydrogens (tertiary/aromatic N) is 4. The molecule has 0 saturated heterocycles. The first-order valence-electron chi connectivity index (χ1n) is 7.91. The van der Waals surface area contributed by atoms with Crippen molar-refractivity contribution in [2.24, 2.45) is 0 Å². The van der Waals surface area contributed by atoms with Gasteiger partial charge < -0.3 is 0 Å². The predicted octanol–water partition coefficient (Wildman–Crippen LogP) is 4.99. The minimum Gasteiger partial charge on any atom is -0.274 e. The van der Waals surface area contributed by atoms with Crippen molar-refractivity contribution in [3.8, 4) is 16.3 Å². The van der Waals surface area contributed by atoms with E-state index in [0.29, 0.717) is 0 Å². The lowest BCUT2D eigenvalue weighted by Gasteiger charge is -2.07. The van der Waals surface area contributed by atoms with Crippen molar-refractivity contribution in [1.29, 1.82) is 0 Å². The van der Waals surface area contributed by atoms with E-state index in [0.717, 1.165) is 38.7 Å². The lowest BCUT2D eigenvalue weighted by atomic mass is 10.2. The molecule has 0 radical (unpaired) electrons. The standard InChI is InChI=1S/C19H16N4S2/c1-14-21-22-19(23(14)17-10-6-3-7-11-17)25-13-16-12-24-18(20-16)15-8-4-2-5-9-15/h2-12H,13H2,1H3. The SMILES string of the molecule is Cc1nnc(SCc2csc(-c3ccccc3)n2)n1-c1ccccc1. The molecule has 6 heteroatoms. The van der Waals surface area contributed by atoms with Crippen molar-refractivity contribution >= 4 is 23.1 Å². The van der Waals surface area contributed by atoms with Crippen LogP contribution in [0.5, 0.6) is 0 Å². The fourth-order valence-corrected chi connectivity index (χ4v) is 4.36. The average Bonchev–Trinajstić information content (AvgIpc) is 3.28. The van der Waals surface area contributed by atoms with Gasteiger partial charge in [-0.15, -0.1) is 21.5 Å². The van der Waals surface area contributed by atoms with Crippen molar-refractivity contribution in [2.75, 3.05) is 0 Å². The molecule has 2 aromatic carbocycles. The van der Waals surface area contributed by atoms with E-state index in [9.17, 15) is 0 Å². The molecule has 4 rings (SSSR count). The Kier molecular flexibility index (Phi) is 4.63. The molecule has 4 nitrogen and oxygen atoms in total. The van der Waals surface area contributed by atoms with Crippen LogP contribution in [-0.2, 0) is 5.75 Å². The first-order valence-corrected chi connectivity index (χ1v) is 9.78. The number of aryl methyl sites for hydroxylation is 1. The van der Waals surface area contributed by atoms with E-state index < -0.39 is 0 Å². The predicted molar refractivity (Wildman–Crippen MR) is 103 cm³/mol. The highest BCUT2D eigenvalue weighted by atomic mass is 32.2. The Morgan fingerprint density at radius 1 is 0.960 bits per heavy atom. The molecule has 0 spiro atoms. The van der Waals surface area contributed by atoms with Crippen LogP contribution in [0.1, 0.15) is 11.5 Å². The lowest BCUT2D eigenvalue weighted by molar-refractivity contribution is 0.868. The van der Waals surface area contributed by atoms with E-state index in [1.807, 2.05) is 43.3 Å². The lowest BCUT2D eigenvalue weighted by Crippen LogP contribution is -1.98. The fourth-order valence-electron chi connectivity index (χ4n) is 2.54. The van der Waals surface area contributed by atoms with Gasteiger partial charge in [0.2, 0.25) is 0 Å². The third-order valence-corrected chi connectivity index (χ3v) is 5.63. The molecule has 0 aliphatic rings. The van der Waals surface area contributed by atoms with Crippen LogP contribution in [0.4, 0.5) is 0 Å². The highest BCUT2D eigenvalue weighted by Gasteiger charge is 2.12. The largest absolute Gasteiger partial charge is 0.274 e. The number of hydrogen-bond donors (Lipinski definition) is 0. The monoisotopic (exact) mass is 364 g/mol. The van der Waals surface area contributed by atoms with Gasteiger partial charge in [0.1, 0.15) is 10.8 Å². The molecule has 0 saturated carbocycles. The van der Waals surface area contributed by atoms with Crippen LogP contribution in [-0.4, -0.2) is 19.7 Å². The second kappa shape index (κ2) is 7.21. The summed E-state index contributed by atoms with van der Waals surface area (Å²) in [7, 11) is 0. The molecule has 0 aliphatic carbocycles. The summed E-state index contributed by atoms with van der Waals surface area (Å²) in [5.41, 5.74) is 3.30. The molecule has 124 valence electrons. The molecule has 2 heterocycles. The van der Waals surface area contributed by atoms with Gasteiger partial charge in [-0.05, 0) is 19.1 Å². The first kappa shape index (κ1) is 16.1. The smallest absolute Gasteiger partial charge is 0.196 e. The van der Waals surface area contributed by atoms with E-state index in [2.05, 4.69) is 44.4 Å². The van der Waals surface area contributed by atoms with Gasteiger partial charge in [0.25, 0.3) is 0 Å². The molecule has 0 unspecified atom stereocenters. The number of aromatic nitrogens is 4. The summed E-state index contributed by atoms with van der Waals surface area (Å²) in [5.74, 6) is 1.66. The van der Waals surface area contributed by atoms with E-state index in [1.165, 1.54) is 0 Å². The summed E-state index contributed by atoms with van der Waals surface area (Å²) in [4.78, 5) is 4.75. The van der Waals surface area contributed by atoms with Crippen LogP contribution in [0.15, 0.2) is 71.2 Å². The fraction of sp³-hybridized carbons (Fsp3) is 0.105. The molecule has 25 heavy (non-hydrogen) atoms. The molecular weight excluding hydrogens is 348 g/mol.